The second kappa shape index (κ2) is 18.4. The molecule has 3 aromatic carbocycles. The van der Waals surface area contributed by atoms with Gasteiger partial charge in [-0.1, -0.05) is 28.7 Å². The molecule has 0 saturated heterocycles. The summed E-state index contributed by atoms with van der Waals surface area (Å²) in [5.41, 5.74) is 0.539. The molecule has 25 heteroatoms. The maximum atomic E-state index is 12.5. The first-order chi connectivity index (χ1) is 28.1. The van der Waals surface area contributed by atoms with Crippen LogP contribution in [0.2, 0.25) is 0 Å². The first kappa shape index (κ1) is 45.5. The van der Waals surface area contributed by atoms with Gasteiger partial charge in [0.25, 0.3) is 30.4 Å². The minimum absolute atomic E-state index is 0.00767. The number of fused-ring (bicyclic) bond motifs is 1. The van der Waals surface area contributed by atoms with Crippen LogP contribution in [0.1, 0.15) is 39.8 Å². The summed E-state index contributed by atoms with van der Waals surface area (Å²) in [5.74, 6) is -2.81. The Bertz CT molecular complexity index is 2970. The van der Waals surface area contributed by atoms with E-state index in [0.717, 1.165) is 24.3 Å². The van der Waals surface area contributed by atoms with E-state index in [4.69, 9.17) is 9.29 Å². The lowest BCUT2D eigenvalue weighted by molar-refractivity contribution is 0.0697. The number of aryl methyl sites for hydroxylation is 2. The summed E-state index contributed by atoms with van der Waals surface area (Å²) in [7, 11) is -13.9. The predicted molar refractivity (Wildman–Crippen MR) is 224 cm³/mol. The molecule has 0 unspecified atom stereocenters. The number of allylic oxidation sites excluding steroid dienone is 1. The molecule has 0 fully saturated rings. The van der Waals surface area contributed by atoms with Gasteiger partial charge in [-0.05, 0) is 80.9 Å². The average Bonchev–Trinajstić information content (AvgIpc) is 3.50. The minimum atomic E-state index is -4.94. The summed E-state index contributed by atoms with van der Waals surface area (Å²) >= 11 is 2.15. The summed E-state index contributed by atoms with van der Waals surface area (Å²) in [4.78, 5) is 15.9. The van der Waals surface area contributed by atoms with Crippen molar-refractivity contribution in [2.75, 3.05) is 16.8 Å². The van der Waals surface area contributed by atoms with Crippen LogP contribution in [0.4, 0.5) is 34.1 Å². The van der Waals surface area contributed by atoms with Gasteiger partial charge in [-0.3, -0.25) is 18.1 Å². The normalized spacial score (nSPS) is 12.8. The standard InChI is InChI=1S/C35H33IN8O13S3/c1-4-5-28-24(12-13-36)37-33-31(35(46)47)20(3)32(34(45)44(28)33)43-42-27-16-19(2)26(18-29(27)57-14-15-58(48,49)50)41-40-25-11-8-22(17-30(25)60(54,55)56)39-38-21-6-9-23(10-7-21)59(51,52)53/h4-11,16-18,45H,12-15H2,1-3H3,(H,46,47)(H,48,49,50)(H,51,52,53)(H,54,55,56)/b5-4-,39-38-,41-40?,43-42?. The van der Waals surface area contributed by atoms with Crippen molar-refractivity contribution in [1.82, 2.24) is 9.38 Å². The Morgan fingerprint density at radius 1 is 0.833 bits per heavy atom. The molecule has 5 N–H and O–H groups in total. The molecule has 5 aromatic rings. The minimum Gasteiger partial charge on any atom is -0.493 e. The number of rotatable bonds is 16. The van der Waals surface area contributed by atoms with Crippen LogP contribution in [-0.2, 0) is 36.8 Å². The molecule has 0 saturated carbocycles. The molecule has 316 valence electrons. The monoisotopic (exact) mass is 996 g/mol. The van der Waals surface area contributed by atoms with Gasteiger partial charge in [0.1, 0.15) is 45.6 Å². The van der Waals surface area contributed by atoms with Crippen molar-refractivity contribution in [3.8, 4) is 11.6 Å². The lowest BCUT2D eigenvalue weighted by atomic mass is 10.1. The number of imidazole rings is 1. The molecule has 2 aromatic heterocycles. The van der Waals surface area contributed by atoms with Crippen LogP contribution in [0.15, 0.2) is 101 Å². The SMILES string of the molecule is C/C=C\c1c(CCI)nc2c(C(=O)O)c(C)c(N=Nc3cc(C)c(N=Nc4ccc(/N=N\c5ccc(S(=O)(=O)O)cc5)cc4S(=O)(=O)O)cc3OCCS(=O)(=O)O)c(O)n12. The number of halogens is 1. The Labute approximate surface area is 355 Å². The van der Waals surface area contributed by atoms with Gasteiger partial charge < -0.3 is 14.9 Å². The van der Waals surface area contributed by atoms with E-state index < -0.39 is 59.5 Å². The van der Waals surface area contributed by atoms with Crippen molar-refractivity contribution in [2.45, 2.75) is 37.0 Å². The Morgan fingerprint density at radius 2 is 1.47 bits per heavy atom. The number of pyridine rings is 1. The Kier molecular flexibility index (Phi) is 13.9. The summed E-state index contributed by atoms with van der Waals surface area (Å²) in [6.45, 7) is 4.12. The van der Waals surface area contributed by atoms with Crippen molar-refractivity contribution in [3.63, 3.8) is 0 Å². The number of aromatic nitrogens is 2. The maximum Gasteiger partial charge on any atom is 0.339 e. The second-order valence-electron chi connectivity index (χ2n) is 12.5. The molecule has 0 radical (unpaired) electrons. The molecule has 0 spiro atoms. The first-order valence-corrected chi connectivity index (χ1v) is 23.0. The van der Waals surface area contributed by atoms with Gasteiger partial charge in [0.15, 0.2) is 5.65 Å². The molecule has 0 aliphatic carbocycles. The quantitative estimate of drug-likeness (QED) is 0.0268. The Morgan fingerprint density at radius 3 is 2.07 bits per heavy atom. The van der Waals surface area contributed by atoms with Crippen molar-refractivity contribution in [1.29, 1.82) is 0 Å². The molecule has 2 heterocycles. The average molecular weight is 997 g/mol. The Balaban J connectivity index is 1.56. The predicted octanol–water partition coefficient (Wildman–Crippen LogP) is 8.37. The van der Waals surface area contributed by atoms with Gasteiger partial charge in [-0.15, -0.1) is 15.3 Å². The largest absolute Gasteiger partial charge is 0.493 e. The number of hydrogen-bond donors (Lipinski definition) is 5. The number of aromatic hydroxyl groups is 1. The van der Waals surface area contributed by atoms with Crippen LogP contribution in [-0.4, -0.2) is 81.3 Å². The van der Waals surface area contributed by atoms with Crippen LogP contribution >= 0.6 is 22.6 Å². The van der Waals surface area contributed by atoms with E-state index in [1.165, 1.54) is 41.7 Å². The highest BCUT2D eigenvalue weighted by Crippen LogP contribution is 2.41. The number of benzene rings is 3. The number of carboxylic acid groups (broad SMARTS) is 1. The van der Waals surface area contributed by atoms with Crippen LogP contribution in [0.3, 0.4) is 0 Å². The van der Waals surface area contributed by atoms with Crippen molar-refractivity contribution >= 4 is 105 Å². The van der Waals surface area contributed by atoms with Gasteiger partial charge in [0, 0.05) is 22.5 Å². The molecule has 0 aliphatic heterocycles. The van der Waals surface area contributed by atoms with Gasteiger partial charge in [-0.2, -0.15) is 40.6 Å². The van der Waals surface area contributed by atoms with E-state index in [9.17, 15) is 49.4 Å². The zero-order chi connectivity index (χ0) is 44.2. The van der Waals surface area contributed by atoms with E-state index >= 15 is 0 Å². The summed E-state index contributed by atoms with van der Waals surface area (Å²) in [6.07, 6.45) is 3.84. The number of carboxylic acids is 1. The first-order valence-electron chi connectivity index (χ1n) is 17.0. The number of nitrogens with zero attached hydrogens (tertiary/aromatic N) is 8. The molecule has 5 rings (SSSR count). The van der Waals surface area contributed by atoms with E-state index in [-0.39, 0.29) is 61.5 Å². The molecular formula is C35H33IN8O13S3. The van der Waals surface area contributed by atoms with E-state index in [1.54, 1.807) is 26.0 Å². The van der Waals surface area contributed by atoms with Crippen LogP contribution in [0.25, 0.3) is 11.7 Å². The number of ether oxygens (including phenoxy) is 1. The van der Waals surface area contributed by atoms with Gasteiger partial charge in [-0.25, -0.2) is 9.78 Å². The molecular weight excluding hydrogens is 964 g/mol. The second-order valence-corrected chi connectivity index (χ2v) is 17.9. The summed E-state index contributed by atoms with van der Waals surface area (Å²) in [6, 6.07) is 10.6. The van der Waals surface area contributed by atoms with E-state index in [1.807, 2.05) is 0 Å². The molecule has 0 bridgehead atoms. The number of carbonyl (C=O) groups is 1. The van der Waals surface area contributed by atoms with E-state index in [2.05, 4.69) is 58.3 Å². The maximum absolute atomic E-state index is 12.5. The summed E-state index contributed by atoms with van der Waals surface area (Å²) < 4.78 is 106. The number of azo groups is 3. The molecule has 0 aliphatic rings. The number of hydrogen-bond acceptors (Lipinski definition) is 16. The van der Waals surface area contributed by atoms with Crippen LogP contribution in [0.5, 0.6) is 11.6 Å². The molecule has 21 nitrogen and oxygen atoms in total. The van der Waals surface area contributed by atoms with Gasteiger partial charge in [0.05, 0.1) is 33.3 Å². The highest BCUT2D eigenvalue weighted by molar-refractivity contribution is 14.1. The number of alkyl halides is 1. The fourth-order valence-electron chi connectivity index (χ4n) is 5.48. The number of aromatic carboxylic acids is 1. The third-order valence-corrected chi connectivity index (χ3v) is 11.2. The highest BCUT2D eigenvalue weighted by atomic mass is 127. The topological polar surface area (TPSA) is 321 Å². The Hall–Kier alpha value is -5.58. The molecule has 0 atom stereocenters. The van der Waals surface area contributed by atoms with Crippen molar-refractivity contribution < 1.29 is 58.7 Å². The zero-order valence-electron chi connectivity index (χ0n) is 31.4. The van der Waals surface area contributed by atoms with Gasteiger partial charge in [0.2, 0.25) is 5.88 Å². The van der Waals surface area contributed by atoms with Gasteiger partial charge >= 0.3 is 5.97 Å². The van der Waals surface area contributed by atoms with Crippen LogP contribution < -0.4 is 4.74 Å². The lowest BCUT2D eigenvalue weighted by Gasteiger charge is -2.12. The third kappa shape index (κ3) is 10.8. The summed E-state index contributed by atoms with van der Waals surface area (Å²) in [5, 5.41) is 45.9. The van der Waals surface area contributed by atoms with E-state index in [0.29, 0.717) is 27.8 Å². The van der Waals surface area contributed by atoms with Crippen molar-refractivity contribution in [3.05, 3.63) is 88.8 Å². The fourth-order valence-corrected chi connectivity index (χ4v) is 7.41. The highest BCUT2D eigenvalue weighted by Gasteiger charge is 2.26. The fraction of sp³-hybridized carbons (Fsp3) is 0.200. The van der Waals surface area contributed by atoms with Crippen molar-refractivity contribution in [2.24, 2.45) is 30.7 Å². The van der Waals surface area contributed by atoms with Crippen LogP contribution in [0, 0.1) is 13.8 Å². The molecule has 0 amide bonds. The smallest absolute Gasteiger partial charge is 0.339 e. The molecule has 60 heavy (non-hydrogen) atoms. The lowest BCUT2D eigenvalue weighted by Crippen LogP contribution is -2.12. The zero-order valence-corrected chi connectivity index (χ0v) is 36.0. The third-order valence-electron chi connectivity index (χ3n) is 8.27.